The van der Waals surface area contributed by atoms with Crippen molar-refractivity contribution in [3.63, 3.8) is 0 Å². The predicted molar refractivity (Wildman–Crippen MR) is 64.8 cm³/mol. The van der Waals surface area contributed by atoms with Crippen molar-refractivity contribution >= 4 is 5.91 Å². The number of amides is 1. The van der Waals surface area contributed by atoms with E-state index in [1.54, 1.807) is 0 Å². The number of rotatable bonds is 2. The Morgan fingerprint density at radius 3 is 2.31 bits per heavy atom. The lowest BCUT2D eigenvalue weighted by Crippen LogP contribution is -2.49. The minimum Gasteiger partial charge on any atom is -0.342 e. The molecule has 16 heavy (non-hydrogen) atoms. The number of carbonyl (C=O) groups excluding carboxylic acids is 1. The standard InChI is InChI=1S/C13H24N2O/c1-9(2)3-13(16)15-7-10-4-11(8-15)6-12(14)5-10/h9-12H,3-8,14H2,1-2H3. The fraction of sp³-hybridized carbons (Fsp3) is 0.923. The molecule has 0 aromatic carbocycles. The highest BCUT2D eigenvalue weighted by Crippen LogP contribution is 2.34. The molecular formula is C13H24N2O. The van der Waals surface area contributed by atoms with E-state index in [-0.39, 0.29) is 0 Å². The fourth-order valence-corrected chi connectivity index (χ4v) is 3.29. The zero-order chi connectivity index (χ0) is 11.7. The summed E-state index contributed by atoms with van der Waals surface area (Å²) in [5.74, 6) is 2.15. The molecule has 1 aliphatic carbocycles. The molecule has 1 saturated carbocycles. The summed E-state index contributed by atoms with van der Waals surface area (Å²) in [5, 5.41) is 0. The van der Waals surface area contributed by atoms with Gasteiger partial charge >= 0.3 is 0 Å². The smallest absolute Gasteiger partial charge is 0.222 e. The van der Waals surface area contributed by atoms with Crippen LogP contribution in [-0.2, 0) is 4.79 Å². The Morgan fingerprint density at radius 1 is 1.25 bits per heavy atom. The Hall–Kier alpha value is -0.570. The van der Waals surface area contributed by atoms with Gasteiger partial charge in [0.1, 0.15) is 0 Å². The molecule has 3 heteroatoms. The number of nitrogens with two attached hydrogens (primary N) is 1. The van der Waals surface area contributed by atoms with Crippen LogP contribution in [0.1, 0.15) is 39.5 Å². The molecule has 0 aromatic heterocycles. The third kappa shape index (κ3) is 2.76. The molecule has 2 atom stereocenters. The van der Waals surface area contributed by atoms with Crippen molar-refractivity contribution < 1.29 is 4.79 Å². The van der Waals surface area contributed by atoms with Gasteiger partial charge in [-0.2, -0.15) is 0 Å². The van der Waals surface area contributed by atoms with Crippen LogP contribution in [0, 0.1) is 17.8 Å². The van der Waals surface area contributed by atoms with Gasteiger partial charge in [0.05, 0.1) is 0 Å². The molecular weight excluding hydrogens is 200 g/mol. The van der Waals surface area contributed by atoms with Crippen molar-refractivity contribution in [3.05, 3.63) is 0 Å². The quantitative estimate of drug-likeness (QED) is 0.774. The molecule has 92 valence electrons. The number of nitrogens with zero attached hydrogens (tertiary/aromatic N) is 1. The van der Waals surface area contributed by atoms with Gasteiger partial charge in [0.25, 0.3) is 0 Å². The molecule has 2 unspecified atom stereocenters. The maximum Gasteiger partial charge on any atom is 0.222 e. The van der Waals surface area contributed by atoms with Crippen LogP contribution in [0.3, 0.4) is 0 Å². The molecule has 2 aliphatic rings. The van der Waals surface area contributed by atoms with E-state index in [9.17, 15) is 4.79 Å². The zero-order valence-electron chi connectivity index (χ0n) is 10.5. The van der Waals surface area contributed by atoms with E-state index in [1.165, 1.54) is 6.42 Å². The summed E-state index contributed by atoms with van der Waals surface area (Å²) in [6.45, 7) is 6.13. The van der Waals surface area contributed by atoms with E-state index in [4.69, 9.17) is 5.73 Å². The predicted octanol–water partition coefficient (Wildman–Crippen LogP) is 1.62. The van der Waals surface area contributed by atoms with Gasteiger partial charge in [-0.15, -0.1) is 0 Å². The number of carbonyl (C=O) groups is 1. The van der Waals surface area contributed by atoms with Gasteiger partial charge in [0.2, 0.25) is 5.91 Å². The van der Waals surface area contributed by atoms with Crippen molar-refractivity contribution in [3.8, 4) is 0 Å². The molecule has 2 bridgehead atoms. The second-order valence-corrected chi connectivity index (χ2v) is 6.10. The van der Waals surface area contributed by atoms with Gasteiger partial charge in [0, 0.05) is 25.6 Å². The van der Waals surface area contributed by atoms with E-state index in [2.05, 4.69) is 18.7 Å². The van der Waals surface area contributed by atoms with E-state index in [0.717, 1.165) is 25.9 Å². The molecule has 1 heterocycles. The van der Waals surface area contributed by atoms with Gasteiger partial charge in [-0.25, -0.2) is 0 Å². The molecule has 2 rings (SSSR count). The van der Waals surface area contributed by atoms with Gasteiger partial charge in [-0.3, -0.25) is 4.79 Å². The third-order valence-electron chi connectivity index (χ3n) is 3.83. The summed E-state index contributed by atoms with van der Waals surface area (Å²) in [5.41, 5.74) is 6.02. The van der Waals surface area contributed by atoms with Gasteiger partial charge in [0.15, 0.2) is 0 Å². The monoisotopic (exact) mass is 224 g/mol. The number of fused-ring (bicyclic) bond motifs is 2. The summed E-state index contributed by atoms with van der Waals surface area (Å²) < 4.78 is 0. The summed E-state index contributed by atoms with van der Waals surface area (Å²) in [6, 6.07) is 0.381. The van der Waals surface area contributed by atoms with Crippen molar-refractivity contribution in [2.45, 2.75) is 45.6 Å². The fourth-order valence-electron chi connectivity index (χ4n) is 3.29. The first-order valence-electron chi connectivity index (χ1n) is 6.58. The van der Waals surface area contributed by atoms with Crippen molar-refractivity contribution in [2.75, 3.05) is 13.1 Å². The van der Waals surface area contributed by atoms with Crippen LogP contribution in [0.15, 0.2) is 0 Å². The normalized spacial score (nSPS) is 34.2. The maximum atomic E-state index is 12.0. The lowest BCUT2D eigenvalue weighted by Gasteiger charge is -2.43. The van der Waals surface area contributed by atoms with Crippen LogP contribution in [0.25, 0.3) is 0 Å². The molecule has 0 aromatic rings. The third-order valence-corrected chi connectivity index (χ3v) is 3.83. The first-order valence-corrected chi connectivity index (χ1v) is 6.58. The highest BCUT2D eigenvalue weighted by Gasteiger charge is 2.35. The maximum absolute atomic E-state index is 12.0. The highest BCUT2D eigenvalue weighted by atomic mass is 16.2. The average Bonchev–Trinajstić information content (AvgIpc) is 2.14. The lowest BCUT2D eigenvalue weighted by atomic mass is 9.75. The summed E-state index contributed by atoms with van der Waals surface area (Å²) >= 11 is 0. The van der Waals surface area contributed by atoms with Crippen LogP contribution < -0.4 is 5.73 Å². The first kappa shape index (κ1) is 11.9. The molecule has 3 nitrogen and oxygen atoms in total. The van der Waals surface area contributed by atoms with Crippen LogP contribution >= 0.6 is 0 Å². The zero-order valence-corrected chi connectivity index (χ0v) is 10.5. The molecule has 1 amide bonds. The number of likely N-dealkylation sites (tertiary alicyclic amines) is 1. The first-order chi connectivity index (χ1) is 7.54. The Morgan fingerprint density at radius 2 is 1.81 bits per heavy atom. The Labute approximate surface area is 98.4 Å². The second-order valence-electron chi connectivity index (χ2n) is 6.10. The summed E-state index contributed by atoms with van der Waals surface area (Å²) in [4.78, 5) is 14.1. The van der Waals surface area contributed by atoms with E-state index in [1.807, 2.05) is 0 Å². The van der Waals surface area contributed by atoms with E-state index in [0.29, 0.717) is 36.1 Å². The molecule has 1 saturated heterocycles. The average molecular weight is 224 g/mol. The Bertz CT molecular complexity index is 247. The minimum atomic E-state index is 0.347. The van der Waals surface area contributed by atoms with Gasteiger partial charge in [-0.1, -0.05) is 13.8 Å². The topological polar surface area (TPSA) is 46.3 Å². The molecule has 2 fully saturated rings. The van der Waals surface area contributed by atoms with Crippen LogP contribution in [-0.4, -0.2) is 29.9 Å². The van der Waals surface area contributed by atoms with Crippen molar-refractivity contribution in [1.29, 1.82) is 0 Å². The highest BCUT2D eigenvalue weighted by molar-refractivity contribution is 5.76. The van der Waals surface area contributed by atoms with Crippen LogP contribution in [0.4, 0.5) is 0 Å². The van der Waals surface area contributed by atoms with Gasteiger partial charge in [-0.05, 0) is 37.0 Å². The molecule has 0 spiro atoms. The van der Waals surface area contributed by atoms with Crippen molar-refractivity contribution in [1.82, 2.24) is 4.90 Å². The number of hydrogen-bond donors (Lipinski definition) is 1. The van der Waals surface area contributed by atoms with Gasteiger partial charge < -0.3 is 10.6 Å². The second kappa shape index (κ2) is 4.74. The molecule has 0 radical (unpaired) electrons. The molecule has 1 aliphatic heterocycles. The van der Waals surface area contributed by atoms with Crippen molar-refractivity contribution in [2.24, 2.45) is 23.5 Å². The largest absolute Gasteiger partial charge is 0.342 e. The van der Waals surface area contributed by atoms with E-state index >= 15 is 0 Å². The Kier molecular flexibility index (Phi) is 3.53. The number of piperidine rings is 1. The SMILES string of the molecule is CC(C)CC(=O)N1CC2CC(N)CC(C2)C1. The lowest BCUT2D eigenvalue weighted by molar-refractivity contribution is -0.135. The summed E-state index contributed by atoms with van der Waals surface area (Å²) in [6.07, 6.45) is 4.22. The van der Waals surface area contributed by atoms with E-state index < -0.39 is 0 Å². The summed E-state index contributed by atoms with van der Waals surface area (Å²) in [7, 11) is 0. The Balaban J connectivity index is 1.92. The van der Waals surface area contributed by atoms with Crippen LogP contribution in [0.5, 0.6) is 0 Å². The van der Waals surface area contributed by atoms with Crippen LogP contribution in [0.2, 0.25) is 0 Å². The minimum absolute atomic E-state index is 0.347. The molecule has 2 N–H and O–H groups in total. The number of hydrogen-bond acceptors (Lipinski definition) is 2.